The highest BCUT2D eigenvalue weighted by molar-refractivity contribution is 5.94. The van der Waals surface area contributed by atoms with Gasteiger partial charge in [-0.05, 0) is 73.3 Å². The molecule has 1 aliphatic heterocycles. The zero-order chi connectivity index (χ0) is 26.6. The van der Waals surface area contributed by atoms with Crippen molar-refractivity contribution < 1.29 is 19.4 Å². The van der Waals surface area contributed by atoms with E-state index in [-0.39, 0.29) is 24.9 Å². The highest BCUT2D eigenvalue weighted by Gasteiger charge is 2.40. The van der Waals surface area contributed by atoms with Gasteiger partial charge >= 0.3 is 5.97 Å². The van der Waals surface area contributed by atoms with Gasteiger partial charge in [0.25, 0.3) is 11.9 Å². The first kappa shape index (κ1) is 26.7. The van der Waals surface area contributed by atoms with Crippen LogP contribution < -0.4 is 5.32 Å². The fourth-order valence-electron chi connectivity index (χ4n) is 5.45. The fourth-order valence-corrected chi connectivity index (χ4v) is 5.45. The van der Waals surface area contributed by atoms with Crippen molar-refractivity contribution in [1.82, 2.24) is 10.2 Å². The van der Waals surface area contributed by atoms with E-state index in [1.807, 2.05) is 30.3 Å². The van der Waals surface area contributed by atoms with Crippen LogP contribution in [0.2, 0.25) is 0 Å². The van der Waals surface area contributed by atoms with Crippen molar-refractivity contribution in [3.05, 3.63) is 65.2 Å². The molecule has 0 aromatic heterocycles. The maximum atomic E-state index is 12.4. The molecule has 1 saturated heterocycles. The van der Waals surface area contributed by atoms with Gasteiger partial charge in [-0.25, -0.2) is 0 Å². The van der Waals surface area contributed by atoms with Crippen LogP contribution in [-0.4, -0.2) is 47.1 Å². The summed E-state index contributed by atoms with van der Waals surface area (Å²) in [5, 5.41) is 11.5. The van der Waals surface area contributed by atoms with E-state index in [1.165, 1.54) is 12.8 Å². The Hall–Kier alpha value is -3.35. The molecule has 0 radical (unpaired) electrons. The van der Waals surface area contributed by atoms with Crippen LogP contribution in [0.3, 0.4) is 0 Å². The van der Waals surface area contributed by atoms with Gasteiger partial charge in [-0.3, -0.25) is 9.59 Å². The molecule has 2 N–H and O–H groups in total. The van der Waals surface area contributed by atoms with Crippen LogP contribution in [0.5, 0.6) is 0 Å². The Bertz CT molecular complexity index is 1130. The van der Waals surface area contributed by atoms with Crippen molar-refractivity contribution in [2.24, 2.45) is 16.3 Å². The van der Waals surface area contributed by atoms with Crippen LogP contribution >= 0.6 is 0 Å². The maximum absolute atomic E-state index is 12.4. The van der Waals surface area contributed by atoms with E-state index >= 15 is 0 Å². The summed E-state index contributed by atoms with van der Waals surface area (Å²) in [7, 11) is 0. The SMILES string of the molecule is Cc1ccccc1/N=C1\OCC(c2ccc(C(=O)NCCC(=O)O)cc2)N1C1CCC(C(C)(C)C)CC1. The molecule has 2 fully saturated rings. The second-order valence-electron chi connectivity index (χ2n) is 11.3. The molecule has 4 rings (SSSR count). The Balaban J connectivity index is 1.56. The molecule has 2 aromatic carbocycles. The van der Waals surface area contributed by atoms with Gasteiger partial charge in [-0.2, -0.15) is 4.99 Å². The van der Waals surface area contributed by atoms with Crippen molar-refractivity contribution >= 4 is 23.6 Å². The topological polar surface area (TPSA) is 91.2 Å². The third-order valence-electron chi connectivity index (χ3n) is 7.76. The lowest BCUT2D eigenvalue weighted by Gasteiger charge is -2.41. The Morgan fingerprint density at radius 2 is 1.73 bits per heavy atom. The Labute approximate surface area is 219 Å². The van der Waals surface area contributed by atoms with Crippen molar-refractivity contribution in [1.29, 1.82) is 0 Å². The van der Waals surface area contributed by atoms with E-state index in [4.69, 9.17) is 14.8 Å². The van der Waals surface area contributed by atoms with Gasteiger partial charge in [0, 0.05) is 18.2 Å². The molecule has 1 amide bonds. The number of hydrogen-bond donors (Lipinski definition) is 2. The number of carbonyl (C=O) groups excluding carboxylic acids is 1. The third-order valence-corrected chi connectivity index (χ3v) is 7.76. The van der Waals surface area contributed by atoms with E-state index in [1.54, 1.807) is 12.1 Å². The number of nitrogens with zero attached hydrogens (tertiary/aromatic N) is 2. The van der Waals surface area contributed by atoms with Gasteiger partial charge < -0.3 is 20.1 Å². The number of aliphatic carboxylic acids is 1. The number of carboxylic acid groups (broad SMARTS) is 1. The van der Waals surface area contributed by atoms with Crippen LogP contribution in [0, 0.1) is 18.3 Å². The van der Waals surface area contributed by atoms with Crippen molar-refractivity contribution in [3.63, 3.8) is 0 Å². The average Bonchev–Trinajstić information content (AvgIpc) is 3.28. The molecular weight excluding hydrogens is 466 g/mol. The summed E-state index contributed by atoms with van der Waals surface area (Å²) in [4.78, 5) is 30.5. The molecule has 2 aliphatic rings. The van der Waals surface area contributed by atoms with Gasteiger partial charge in [0.15, 0.2) is 0 Å². The molecule has 0 spiro atoms. The molecule has 2 aromatic rings. The summed E-state index contributed by atoms with van der Waals surface area (Å²) in [6.45, 7) is 9.69. The molecule has 1 atom stereocenters. The normalized spacial score (nSPS) is 23.1. The summed E-state index contributed by atoms with van der Waals surface area (Å²) in [6, 6.07) is 16.7. The molecular formula is C30H39N3O4. The standard InChI is InChI=1S/C30H39N3O4/c1-20-7-5-6-8-25(20)32-29-33(24-15-13-23(14-16-24)30(2,3)4)26(19-37-29)21-9-11-22(12-10-21)28(36)31-18-17-27(34)35/h5-12,23-24,26H,13-19H2,1-4H3,(H,31,36)(H,34,35)/b32-29-. The number of hydrogen-bond acceptors (Lipinski definition) is 4. The number of benzene rings is 2. The number of nitrogens with one attached hydrogen (secondary N) is 1. The quantitative estimate of drug-likeness (QED) is 0.491. The largest absolute Gasteiger partial charge is 0.481 e. The van der Waals surface area contributed by atoms with Gasteiger partial charge in [0.1, 0.15) is 6.61 Å². The molecule has 198 valence electrons. The van der Waals surface area contributed by atoms with E-state index in [9.17, 15) is 9.59 Å². The summed E-state index contributed by atoms with van der Waals surface area (Å²) in [6.07, 6.45) is 4.46. The molecule has 37 heavy (non-hydrogen) atoms. The van der Waals surface area contributed by atoms with Gasteiger partial charge in [0.05, 0.1) is 18.2 Å². The second-order valence-corrected chi connectivity index (χ2v) is 11.3. The summed E-state index contributed by atoms with van der Waals surface area (Å²) >= 11 is 0. The molecule has 1 saturated carbocycles. The molecule has 1 aliphatic carbocycles. The number of rotatable bonds is 7. The Kier molecular flexibility index (Phi) is 8.20. The van der Waals surface area contributed by atoms with E-state index in [2.05, 4.69) is 44.0 Å². The first-order valence-corrected chi connectivity index (χ1v) is 13.3. The van der Waals surface area contributed by atoms with Crippen LogP contribution in [0.1, 0.15) is 80.4 Å². The lowest BCUT2D eigenvalue weighted by Crippen LogP contribution is -2.42. The number of carboxylic acids is 1. The van der Waals surface area contributed by atoms with Gasteiger partial charge in [-0.1, -0.05) is 51.1 Å². The van der Waals surface area contributed by atoms with Crippen LogP contribution in [0.15, 0.2) is 53.5 Å². The van der Waals surface area contributed by atoms with Crippen LogP contribution in [-0.2, 0) is 9.53 Å². The number of amides is 1. The molecule has 7 nitrogen and oxygen atoms in total. The number of aryl methyl sites for hydroxylation is 1. The van der Waals surface area contributed by atoms with Gasteiger partial charge in [0.2, 0.25) is 0 Å². The highest BCUT2D eigenvalue weighted by Crippen LogP contribution is 2.42. The predicted molar refractivity (Wildman–Crippen MR) is 145 cm³/mol. The minimum atomic E-state index is -0.934. The van der Waals surface area contributed by atoms with Crippen molar-refractivity contribution in [2.45, 2.75) is 71.9 Å². The van der Waals surface area contributed by atoms with Crippen molar-refractivity contribution in [2.75, 3.05) is 13.2 Å². The first-order valence-electron chi connectivity index (χ1n) is 13.3. The maximum Gasteiger partial charge on any atom is 0.305 e. The van der Waals surface area contributed by atoms with Gasteiger partial charge in [-0.15, -0.1) is 0 Å². The van der Waals surface area contributed by atoms with Crippen LogP contribution in [0.25, 0.3) is 0 Å². The highest BCUT2D eigenvalue weighted by atomic mass is 16.5. The molecule has 0 bridgehead atoms. The first-order chi connectivity index (χ1) is 17.6. The van der Waals surface area contributed by atoms with Crippen LogP contribution in [0.4, 0.5) is 5.69 Å². The molecule has 7 heteroatoms. The lowest BCUT2D eigenvalue weighted by molar-refractivity contribution is -0.136. The fraction of sp³-hybridized carbons (Fsp3) is 0.500. The molecule has 1 heterocycles. The lowest BCUT2D eigenvalue weighted by atomic mass is 9.71. The zero-order valence-corrected chi connectivity index (χ0v) is 22.4. The minimum absolute atomic E-state index is 0.0167. The summed E-state index contributed by atoms with van der Waals surface area (Å²) in [5.74, 6) is -0.493. The van der Waals surface area contributed by atoms with E-state index < -0.39 is 5.97 Å². The molecule has 1 unspecified atom stereocenters. The summed E-state index contributed by atoms with van der Waals surface area (Å²) < 4.78 is 6.23. The summed E-state index contributed by atoms with van der Waals surface area (Å²) in [5.41, 5.74) is 3.93. The monoisotopic (exact) mass is 505 g/mol. The number of para-hydroxylation sites is 1. The number of aliphatic imine (C=N–C) groups is 1. The van der Waals surface area contributed by atoms with E-state index in [0.29, 0.717) is 35.6 Å². The third kappa shape index (κ3) is 6.51. The van der Waals surface area contributed by atoms with Crippen molar-refractivity contribution in [3.8, 4) is 0 Å². The Morgan fingerprint density at radius 3 is 2.35 bits per heavy atom. The number of carbonyl (C=O) groups is 2. The average molecular weight is 506 g/mol. The minimum Gasteiger partial charge on any atom is -0.481 e. The van der Waals surface area contributed by atoms with E-state index in [0.717, 1.165) is 29.7 Å². The number of ether oxygens (including phenoxy) is 1. The number of amidine groups is 1. The zero-order valence-electron chi connectivity index (χ0n) is 22.4. The Morgan fingerprint density at radius 1 is 1.05 bits per heavy atom. The predicted octanol–water partition coefficient (Wildman–Crippen LogP) is 5.87. The second kappa shape index (κ2) is 11.4. The smallest absolute Gasteiger partial charge is 0.305 e.